The van der Waals surface area contributed by atoms with Crippen molar-refractivity contribution in [1.29, 1.82) is 0 Å². The maximum atomic E-state index is 10.4. The summed E-state index contributed by atoms with van der Waals surface area (Å²) >= 11 is 0. The monoisotopic (exact) mass is 377 g/mol. The van der Waals surface area contributed by atoms with E-state index in [2.05, 4.69) is 31.1 Å². The molecule has 3 N–H and O–H groups in total. The highest BCUT2D eigenvalue weighted by atomic mass is 16.3. The maximum Gasteiger partial charge on any atom is 0.148 e. The summed E-state index contributed by atoms with van der Waals surface area (Å²) in [5.74, 6) is 1.59. The molecule has 4 heterocycles. The quantitative estimate of drug-likeness (QED) is 0.627. The second-order valence-corrected chi connectivity index (χ2v) is 7.71. The first-order valence-corrected chi connectivity index (χ1v) is 9.78. The molecule has 144 valence electrons. The molecular weight excluding hydrogens is 354 g/mol. The van der Waals surface area contributed by atoms with Gasteiger partial charge < -0.3 is 15.7 Å². The van der Waals surface area contributed by atoms with E-state index in [9.17, 15) is 5.11 Å². The molecule has 0 saturated carbocycles. The first-order chi connectivity index (χ1) is 13.7. The number of fused-ring (bicyclic) bond motifs is 2. The molecular formula is C20H23N7O. The van der Waals surface area contributed by atoms with E-state index in [0.717, 1.165) is 18.1 Å². The normalized spacial score (nSPS) is 23.6. The molecule has 2 unspecified atom stereocenters. The summed E-state index contributed by atoms with van der Waals surface area (Å²) in [5, 5.41) is 33.8. The topological polar surface area (TPSA) is 101 Å². The van der Waals surface area contributed by atoms with E-state index in [1.807, 2.05) is 24.3 Å². The molecule has 2 aromatic heterocycles. The van der Waals surface area contributed by atoms with Crippen LogP contribution in [-0.4, -0.2) is 48.9 Å². The highest BCUT2D eigenvalue weighted by Gasteiger charge is 2.33. The number of rotatable bonds is 5. The van der Waals surface area contributed by atoms with Crippen LogP contribution in [0.3, 0.4) is 0 Å². The fraction of sp³-hybridized carbons (Fsp3) is 0.400. The lowest BCUT2D eigenvalue weighted by Gasteiger charge is -2.29. The van der Waals surface area contributed by atoms with Crippen LogP contribution in [-0.2, 0) is 0 Å². The number of aromatic nitrogens is 5. The number of anilines is 1. The van der Waals surface area contributed by atoms with Crippen molar-refractivity contribution in [2.24, 2.45) is 5.92 Å². The highest BCUT2D eigenvalue weighted by Crippen LogP contribution is 2.31. The zero-order chi connectivity index (χ0) is 18.9. The lowest BCUT2D eigenvalue weighted by molar-refractivity contribution is 0.311. The smallest absolute Gasteiger partial charge is 0.148 e. The van der Waals surface area contributed by atoms with E-state index in [0.29, 0.717) is 29.3 Å². The van der Waals surface area contributed by atoms with Crippen LogP contribution in [0.4, 0.5) is 5.82 Å². The molecule has 0 aliphatic carbocycles. The van der Waals surface area contributed by atoms with Crippen LogP contribution in [0.2, 0.25) is 0 Å². The van der Waals surface area contributed by atoms with Crippen LogP contribution >= 0.6 is 0 Å². The molecule has 8 nitrogen and oxygen atoms in total. The van der Waals surface area contributed by atoms with Crippen molar-refractivity contribution in [1.82, 2.24) is 30.5 Å². The number of phenols is 1. The predicted octanol–water partition coefficient (Wildman–Crippen LogP) is 2.37. The van der Waals surface area contributed by atoms with Crippen LogP contribution < -0.4 is 10.6 Å². The molecule has 8 heteroatoms. The summed E-state index contributed by atoms with van der Waals surface area (Å²) in [5.41, 5.74) is 2.01. The van der Waals surface area contributed by atoms with Gasteiger partial charge in [-0.1, -0.05) is 5.21 Å². The van der Waals surface area contributed by atoms with Crippen LogP contribution in [0, 0.1) is 5.92 Å². The van der Waals surface area contributed by atoms with E-state index in [1.165, 1.54) is 25.7 Å². The number of aromatic hydroxyl groups is 1. The Morgan fingerprint density at radius 1 is 1.11 bits per heavy atom. The van der Waals surface area contributed by atoms with Crippen molar-refractivity contribution in [3.8, 4) is 22.7 Å². The number of hydrogen-bond acceptors (Lipinski definition) is 7. The van der Waals surface area contributed by atoms with Gasteiger partial charge in [0.1, 0.15) is 11.6 Å². The Kier molecular flexibility index (Phi) is 4.40. The Balaban J connectivity index is 1.25. The summed E-state index contributed by atoms with van der Waals surface area (Å²) in [7, 11) is 0. The largest absolute Gasteiger partial charge is 0.507 e. The number of piperidine rings is 1. The van der Waals surface area contributed by atoms with Crippen LogP contribution in [0.5, 0.6) is 5.75 Å². The summed E-state index contributed by atoms with van der Waals surface area (Å²) in [6.45, 7) is 0.931. The van der Waals surface area contributed by atoms with Crippen LogP contribution in [0.25, 0.3) is 16.9 Å². The summed E-state index contributed by atoms with van der Waals surface area (Å²) in [6.07, 6.45) is 8.42. The van der Waals surface area contributed by atoms with Crippen molar-refractivity contribution in [2.75, 3.05) is 11.9 Å². The average Bonchev–Trinajstić information content (AvgIpc) is 3.37. The van der Waals surface area contributed by atoms with E-state index < -0.39 is 0 Å². The minimum absolute atomic E-state index is 0.133. The Hall–Kier alpha value is -3.00. The summed E-state index contributed by atoms with van der Waals surface area (Å²) in [6, 6.07) is 10.5. The van der Waals surface area contributed by atoms with Crippen molar-refractivity contribution in [3.63, 3.8) is 0 Å². The zero-order valence-electron chi connectivity index (χ0n) is 15.5. The molecule has 0 spiro atoms. The van der Waals surface area contributed by atoms with E-state index in [1.54, 1.807) is 23.1 Å². The van der Waals surface area contributed by atoms with Crippen LogP contribution in [0.15, 0.2) is 42.7 Å². The molecule has 2 aliphatic heterocycles. The third-order valence-electron chi connectivity index (χ3n) is 5.75. The fourth-order valence-electron chi connectivity index (χ4n) is 4.39. The number of benzene rings is 1. The SMILES string of the molecule is Oc1cc(-n2ccnn2)ccc1-c1ccc(NCC2CC3CCC(C2)N3)nn1. The standard InChI is InChI=1S/C20H23N7O/c28-19-11-16(27-8-7-22-26-27)3-4-17(19)18-5-6-20(25-24-18)21-12-13-9-14-1-2-15(10-13)23-14/h3-8,11,13-15,23,28H,1-2,9-10,12H2,(H,21,25). The molecule has 2 aliphatic rings. The second kappa shape index (κ2) is 7.20. The highest BCUT2D eigenvalue weighted by molar-refractivity contribution is 5.68. The van der Waals surface area contributed by atoms with Gasteiger partial charge in [0, 0.05) is 30.3 Å². The second-order valence-electron chi connectivity index (χ2n) is 7.71. The summed E-state index contributed by atoms with van der Waals surface area (Å²) < 4.78 is 1.59. The molecule has 3 aromatic rings. The van der Waals surface area contributed by atoms with E-state index in [-0.39, 0.29) is 5.75 Å². The van der Waals surface area contributed by atoms with Gasteiger partial charge in [0.25, 0.3) is 0 Å². The lowest BCUT2D eigenvalue weighted by Crippen LogP contribution is -2.40. The Labute approximate surface area is 163 Å². The van der Waals surface area contributed by atoms with Gasteiger partial charge >= 0.3 is 0 Å². The number of phenolic OH excluding ortho intramolecular Hbond substituents is 1. The molecule has 1 aromatic carbocycles. The Morgan fingerprint density at radius 3 is 2.64 bits per heavy atom. The van der Waals surface area contributed by atoms with Gasteiger partial charge in [0.2, 0.25) is 0 Å². The molecule has 2 bridgehead atoms. The molecule has 0 radical (unpaired) electrons. The molecule has 2 fully saturated rings. The van der Waals surface area contributed by atoms with Crippen molar-refractivity contribution in [3.05, 3.63) is 42.7 Å². The Bertz CT molecular complexity index is 930. The molecule has 2 atom stereocenters. The lowest BCUT2D eigenvalue weighted by atomic mass is 9.92. The fourth-order valence-corrected chi connectivity index (χ4v) is 4.39. The van der Waals surface area contributed by atoms with Gasteiger partial charge in [-0.3, -0.25) is 0 Å². The molecule has 28 heavy (non-hydrogen) atoms. The maximum absolute atomic E-state index is 10.4. The molecule has 5 rings (SSSR count). The third-order valence-corrected chi connectivity index (χ3v) is 5.75. The minimum Gasteiger partial charge on any atom is -0.507 e. The number of nitrogens with one attached hydrogen (secondary N) is 2. The minimum atomic E-state index is 0.133. The number of nitrogens with zero attached hydrogens (tertiary/aromatic N) is 5. The van der Waals surface area contributed by atoms with Gasteiger partial charge in [0.15, 0.2) is 0 Å². The Morgan fingerprint density at radius 2 is 1.96 bits per heavy atom. The summed E-state index contributed by atoms with van der Waals surface area (Å²) in [4.78, 5) is 0. The van der Waals surface area contributed by atoms with E-state index >= 15 is 0 Å². The predicted molar refractivity (Wildman–Crippen MR) is 105 cm³/mol. The zero-order valence-corrected chi connectivity index (χ0v) is 15.5. The van der Waals surface area contributed by atoms with E-state index in [4.69, 9.17) is 0 Å². The first kappa shape index (κ1) is 17.1. The van der Waals surface area contributed by atoms with Gasteiger partial charge in [0.05, 0.1) is 23.8 Å². The van der Waals surface area contributed by atoms with Gasteiger partial charge in [-0.2, -0.15) is 0 Å². The first-order valence-electron chi connectivity index (χ1n) is 9.78. The third kappa shape index (κ3) is 3.43. The molecule has 2 saturated heterocycles. The van der Waals surface area contributed by atoms with Crippen LogP contribution in [0.1, 0.15) is 25.7 Å². The van der Waals surface area contributed by atoms with Crippen molar-refractivity contribution >= 4 is 5.82 Å². The number of hydrogen-bond donors (Lipinski definition) is 3. The van der Waals surface area contributed by atoms with Crippen molar-refractivity contribution in [2.45, 2.75) is 37.8 Å². The average molecular weight is 377 g/mol. The van der Waals surface area contributed by atoms with Crippen molar-refractivity contribution < 1.29 is 5.11 Å². The van der Waals surface area contributed by atoms with Gasteiger partial charge in [-0.05, 0) is 55.9 Å². The van der Waals surface area contributed by atoms with Gasteiger partial charge in [-0.15, -0.1) is 15.3 Å². The molecule has 0 amide bonds. The van der Waals surface area contributed by atoms with Gasteiger partial charge in [-0.25, -0.2) is 4.68 Å².